The summed E-state index contributed by atoms with van der Waals surface area (Å²) in [5, 5.41) is 18.8. The highest BCUT2D eigenvalue weighted by atomic mass is 19.1. The Labute approximate surface area is 163 Å². The highest BCUT2D eigenvalue weighted by Gasteiger charge is 2.06. The third kappa shape index (κ3) is 5.23. The molecule has 1 amide bonds. The maximum Gasteiger partial charge on any atom is 0.255 e. The molecule has 4 N–H and O–H groups in total. The molecular weight excluding hydrogens is 357 g/mol. The van der Waals surface area contributed by atoms with Crippen molar-refractivity contribution in [1.82, 2.24) is 0 Å². The second kappa shape index (κ2) is 8.90. The molecule has 144 valence electrons. The number of phenols is 1. The molecule has 0 aromatic heterocycles. The molecule has 0 radical (unpaired) electrons. The van der Waals surface area contributed by atoms with Crippen LogP contribution in [0.4, 0.5) is 21.5 Å². The monoisotopic (exact) mass is 379 g/mol. The molecule has 3 aromatic carbocycles. The van der Waals surface area contributed by atoms with E-state index in [4.69, 9.17) is 0 Å². The highest BCUT2D eigenvalue weighted by Crippen LogP contribution is 2.20. The molecule has 0 saturated carbocycles. The van der Waals surface area contributed by atoms with E-state index < -0.39 is 0 Å². The van der Waals surface area contributed by atoms with E-state index in [1.165, 1.54) is 24.3 Å². The third-order valence-corrected chi connectivity index (χ3v) is 4.23. The first-order chi connectivity index (χ1) is 13.5. The van der Waals surface area contributed by atoms with Gasteiger partial charge in [0.05, 0.1) is 0 Å². The van der Waals surface area contributed by atoms with Gasteiger partial charge in [-0.1, -0.05) is 0 Å². The molecule has 0 heterocycles. The van der Waals surface area contributed by atoms with Gasteiger partial charge in [0, 0.05) is 35.7 Å². The van der Waals surface area contributed by atoms with Crippen molar-refractivity contribution in [2.45, 2.75) is 6.92 Å². The smallest absolute Gasteiger partial charge is 0.255 e. The molecule has 0 aliphatic rings. The first-order valence-electron chi connectivity index (χ1n) is 8.95. The van der Waals surface area contributed by atoms with Crippen molar-refractivity contribution in [3.8, 4) is 5.75 Å². The Balaban J connectivity index is 1.46. The van der Waals surface area contributed by atoms with Crippen LogP contribution in [0.5, 0.6) is 5.75 Å². The van der Waals surface area contributed by atoms with Gasteiger partial charge >= 0.3 is 0 Å². The van der Waals surface area contributed by atoms with Crippen molar-refractivity contribution >= 4 is 23.0 Å². The van der Waals surface area contributed by atoms with Crippen molar-refractivity contribution in [3.63, 3.8) is 0 Å². The standard InChI is InChI=1S/C22H22FN3O2/c1-15-14-20(10-11-21(15)27)25-13-12-24-18-6-2-16(3-7-18)22(28)26-19-8-4-17(23)5-9-19/h2-11,14,24-25,27H,12-13H2,1H3,(H,26,28). The van der Waals surface area contributed by atoms with Crippen LogP contribution in [0.15, 0.2) is 66.7 Å². The molecular formula is C22H22FN3O2. The summed E-state index contributed by atoms with van der Waals surface area (Å²) in [5.74, 6) is -0.307. The number of nitrogens with one attached hydrogen (secondary N) is 3. The van der Waals surface area contributed by atoms with Crippen molar-refractivity contribution in [3.05, 3.63) is 83.7 Å². The minimum absolute atomic E-state index is 0.248. The summed E-state index contributed by atoms with van der Waals surface area (Å²) in [7, 11) is 0. The Morgan fingerprint density at radius 1 is 0.857 bits per heavy atom. The number of aryl methyl sites for hydroxylation is 1. The number of carbonyl (C=O) groups excluding carboxylic acids is 1. The zero-order chi connectivity index (χ0) is 19.9. The maximum absolute atomic E-state index is 12.9. The first kappa shape index (κ1) is 19.2. The van der Waals surface area contributed by atoms with E-state index in [2.05, 4.69) is 16.0 Å². The first-order valence-corrected chi connectivity index (χ1v) is 8.95. The van der Waals surface area contributed by atoms with Gasteiger partial charge < -0.3 is 21.1 Å². The average molecular weight is 379 g/mol. The molecule has 28 heavy (non-hydrogen) atoms. The van der Waals surface area contributed by atoms with Crippen LogP contribution < -0.4 is 16.0 Å². The van der Waals surface area contributed by atoms with Crippen molar-refractivity contribution in [1.29, 1.82) is 0 Å². The molecule has 6 heteroatoms. The quantitative estimate of drug-likeness (QED) is 0.357. The van der Waals surface area contributed by atoms with Crippen molar-refractivity contribution in [2.24, 2.45) is 0 Å². The molecule has 0 saturated heterocycles. The van der Waals surface area contributed by atoms with Gasteiger partial charge in [-0.3, -0.25) is 4.79 Å². The largest absolute Gasteiger partial charge is 0.508 e. The molecule has 0 spiro atoms. The Kier molecular flexibility index (Phi) is 6.11. The number of aromatic hydroxyl groups is 1. The normalized spacial score (nSPS) is 10.4. The Morgan fingerprint density at radius 3 is 2.07 bits per heavy atom. The van der Waals surface area contributed by atoms with Gasteiger partial charge in [0.25, 0.3) is 5.91 Å². The van der Waals surface area contributed by atoms with Crippen LogP contribution in [-0.2, 0) is 0 Å². The van der Waals surface area contributed by atoms with Crippen LogP contribution in [-0.4, -0.2) is 24.1 Å². The summed E-state index contributed by atoms with van der Waals surface area (Å²) in [6, 6.07) is 18.2. The van der Waals surface area contributed by atoms with Crippen LogP contribution in [0, 0.1) is 12.7 Å². The summed E-state index contributed by atoms with van der Waals surface area (Å²) in [6.07, 6.45) is 0. The van der Waals surface area contributed by atoms with Gasteiger partial charge in [-0.2, -0.15) is 0 Å². The summed E-state index contributed by atoms with van der Waals surface area (Å²) in [4.78, 5) is 12.2. The van der Waals surface area contributed by atoms with E-state index in [0.717, 1.165) is 16.9 Å². The number of benzene rings is 3. The zero-order valence-electron chi connectivity index (χ0n) is 15.5. The van der Waals surface area contributed by atoms with Gasteiger partial charge in [0.1, 0.15) is 11.6 Å². The molecule has 0 atom stereocenters. The number of halogens is 1. The number of carbonyl (C=O) groups is 1. The molecule has 0 unspecified atom stereocenters. The fraction of sp³-hybridized carbons (Fsp3) is 0.136. The number of phenolic OH excluding ortho intramolecular Hbond substituents is 1. The second-order valence-electron chi connectivity index (χ2n) is 6.39. The molecule has 0 aliphatic heterocycles. The maximum atomic E-state index is 12.9. The van der Waals surface area contributed by atoms with Gasteiger partial charge in [-0.25, -0.2) is 4.39 Å². The van der Waals surface area contributed by atoms with E-state index in [0.29, 0.717) is 24.3 Å². The number of hydrogen-bond donors (Lipinski definition) is 4. The zero-order valence-corrected chi connectivity index (χ0v) is 15.5. The molecule has 3 aromatic rings. The topological polar surface area (TPSA) is 73.4 Å². The van der Waals surface area contributed by atoms with E-state index in [1.54, 1.807) is 18.2 Å². The summed E-state index contributed by atoms with van der Waals surface area (Å²) >= 11 is 0. The van der Waals surface area contributed by atoms with Gasteiger partial charge in [-0.05, 0) is 79.2 Å². The van der Waals surface area contributed by atoms with E-state index in [1.807, 2.05) is 31.2 Å². The average Bonchev–Trinajstić information content (AvgIpc) is 2.70. The summed E-state index contributed by atoms with van der Waals surface area (Å²) < 4.78 is 12.9. The fourth-order valence-corrected chi connectivity index (χ4v) is 2.66. The number of hydrogen-bond acceptors (Lipinski definition) is 4. The predicted molar refractivity (Wildman–Crippen MR) is 111 cm³/mol. The van der Waals surface area contributed by atoms with Crippen molar-refractivity contribution in [2.75, 3.05) is 29.0 Å². The lowest BCUT2D eigenvalue weighted by molar-refractivity contribution is 0.102. The predicted octanol–water partition coefficient (Wildman–Crippen LogP) is 4.62. The molecule has 0 fully saturated rings. The number of anilines is 3. The van der Waals surface area contributed by atoms with E-state index in [-0.39, 0.29) is 17.5 Å². The van der Waals surface area contributed by atoms with Crippen LogP contribution in [0.2, 0.25) is 0 Å². The van der Waals surface area contributed by atoms with Crippen LogP contribution in [0.3, 0.4) is 0 Å². The summed E-state index contributed by atoms with van der Waals surface area (Å²) in [5.41, 5.74) is 3.75. The molecule has 0 aliphatic carbocycles. The lowest BCUT2D eigenvalue weighted by Crippen LogP contribution is -2.14. The minimum Gasteiger partial charge on any atom is -0.508 e. The SMILES string of the molecule is Cc1cc(NCCNc2ccc(C(=O)Nc3ccc(F)cc3)cc2)ccc1O. The Morgan fingerprint density at radius 2 is 1.43 bits per heavy atom. The number of rotatable bonds is 7. The third-order valence-electron chi connectivity index (χ3n) is 4.23. The Bertz CT molecular complexity index is 941. The van der Waals surface area contributed by atoms with E-state index >= 15 is 0 Å². The van der Waals surface area contributed by atoms with Gasteiger partial charge in [-0.15, -0.1) is 0 Å². The van der Waals surface area contributed by atoms with Crippen LogP contribution >= 0.6 is 0 Å². The molecule has 5 nitrogen and oxygen atoms in total. The fourth-order valence-electron chi connectivity index (χ4n) is 2.66. The van der Waals surface area contributed by atoms with Gasteiger partial charge in [0.2, 0.25) is 0 Å². The molecule has 0 bridgehead atoms. The summed E-state index contributed by atoms with van der Waals surface area (Å²) in [6.45, 7) is 3.25. The lowest BCUT2D eigenvalue weighted by Gasteiger charge is -2.11. The van der Waals surface area contributed by atoms with Crippen LogP contribution in [0.25, 0.3) is 0 Å². The van der Waals surface area contributed by atoms with Crippen molar-refractivity contribution < 1.29 is 14.3 Å². The van der Waals surface area contributed by atoms with Gasteiger partial charge in [0.15, 0.2) is 0 Å². The highest BCUT2D eigenvalue weighted by molar-refractivity contribution is 6.04. The molecule has 3 rings (SSSR count). The Hall–Kier alpha value is -3.54. The van der Waals surface area contributed by atoms with E-state index in [9.17, 15) is 14.3 Å². The second-order valence-corrected chi connectivity index (χ2v) is 6.39. The number of amides is 1. The minimum atomic E-state index is -0.344. The lowest BCUT2D eigenvalue weighted by atomic mass is 10.2. The van der Waals surface area contributed by atoms with Crippen LogP contribution in [0.1, 0.15) is 15.9 Å².